The number of benzene rings is 2. The number of ether oxygens (including phenoxy) is 1. The molecule has 0 spiro atoms. The Hall–Kier alpha value is -1.47. The lowest BCUT2D eigenvalue weighted by Gasteiger charge is -2.21. The largest absolute Gasteiger partial charge is 0.488 e. The summed E-state index contributed by atoms with van der Waals surface area (Å²) in [6, 6.07) is 16.2. The fourth-order valence-corrected chi connectivity index (χ4v) is 1.99. The third kappa shape index (κ3) is 4.60. The molecule has 1 nitrogen and oxygen atoms in total. The molecule has 100 valence electrons. The van der Waals surface area contributed by atoms with E-state index < -0.39 is 0 Å². The van der Waals surface area contributed by atoms with Gasteiger partial charge < -0.3 is 4.74 Å². The standard InChI is InChI=1S/C17H19ClO/c1-17(2,3)19-16-10-6-14(7-11-16)12-13-4-8-15(18)9-5-13/h4-11H,12H2,1-3H3. The first-order valence-corrected chi connectivity index (χ1v) is 6.83. The maximum atomic E-state index is 5.88. The first kappa shape index (κ1) is 14.0. The van der Waals surface area contributed by atoms with Gasteiger partial charge in [0, 0.05) is 5.02 Å². The van der Waals surface area contributed by atoms with E-state index in [1.807, 2.05) is 24.3 Å². The summed E-state index contributed by atoms with van der Waals surface area (Å²) in [4.78, 5) is 0. The topological polar surface area (TPSA) is 9.23 Å². The number of hydrogen-bond donors (Lipinski definition) is 0. The van der Waals surface area contributed by atoms with Crippen molar-refractivity contribution in [2.24, 2.45) is 0 Å². The average Bonchev–Trinajstić information content (AvgIpc) is 2.33. The van der Waals surface area contributed by atoms with Crippen molar-refractivity contribution >= 4 is 11.6 Å². The molecule has 0 atom stereocenters. The van der Waals surface area contributed by atoms with E-state index in [1.165, 1.54) is 11.1 Å². The van der Waals surface area contributed by atoms with Crippen LogP contribution in [-0.4, -0.2) is 5.60 Å². The maximum Gasteiger partial charge on any atom is 0.120 e. The lowest BCUT2D eigenvalue weighted by Crippen LogP contribution is -2.22. The van der Waals surface area contributed by atoms with Crippen molar-refractivity contribution in [2.45, 2.75) is 32.8 Å². The summed E-state index contributed by atoms with van der Waals surface area (Å²) >= 11 is 5.88. The van der Waals surface area contributed by atoms with Crippen LogP contribution in [0.1, 0.15) is 31.9 Å². The van der Waals surface area contributed by atoms with E-state index in [2.05, 4.69) is 45.0 Å². The lowest BCUT2D eigenvalue weighted by atomic mass is 10.1. The third-order valence-corrected chi connectivity index (χ3v) is 2.92. The van der Waals surface area contributed by atoms with Crippen LogP contribution in [0.5, 0.6) is 5.75 Å². The number of hydrogen-bond acceptors (Lipinski definition) is 1. The number of halogens is 1. The van der Waals surface area contributed by atoms with E-state index in [9.17, 15) is 0 Å². The molecule has 0 N–H and O–H groups in total. The average molecular weight is 275 g/mol. The number of rotatable bonds is 3. The Balaban J connectivity index is 2.04. The second kappa shape index (κ2) is 5.66. The van der Waals surface area contributed by atoms with Crippen molar-refractivity contribution in [1.29, 1.82) is 0 Å². The van der Waals surface area contributed by atoms with E-state index in [0.717, 1.165) is 17.2 Å². The van der Waals surface area contributed by atoms with Gasteiger partial charge in [0.15, 0.2) is 0 Å². The molecule has 0 heterocycles. The molecule has 0 aliphatic rings. The van der Waals surface area contributed by atoms with Gasteiger partial charge in [0.1, 0.15) is 11.4 Å². The monoisotopic (exact) mass is 274 g/mol. The molecule has 0 bridgehead atoms. The summed E-state index contributed by atoms with van der Waals surface area (Å²) in [5.41, 5.74) is 2.37. The van der Waals surface area contributed by atoms with Crippen LogP contribution < -0.4 is 4.74 Å². The van der Waals surface area contributed by atoms with Gasteiger partial charge in [-0.05, 0) is 62.6 Å². The first-order chi connectivity index (χ1) is 8.92. The SMILES string of the molecule is CC(C)(C)Oc1ccc(Cc2ccc(Cl)cc2)cc1. The quantitative estimate of drug-likeness (QED) is 0.756. The van der Waals surface area contributed by atoms with Crippen molar-refractivity contribution in [1.82, 2.24) is 0 Å². The molecule has 0 radical (unpaired) electrons. The van der Waals surface area contributed by atoms with Crippen molar-refractivity contribution in [2.75, 3.05) is 0 Å². The zero-order valence-corrected chi connectivity index (χ0v) is 12.4. The molecule has 0 aromatic heterocycles. The summed E-state index contributed by atoms with van der Waals surface area (Å²) in [5, 5.41) is 0.776. The van der Waals surface area contributed by atoms with Gasteiger partial charge in [-0.1, -0.05) is 35.9 Å². The Kier molecular flexibility index (Phi) is 4.16. The predicted molar refractivity (Wildman–Crippen MR) is 81.1 cm³/mol. The minimum atomic E-state index is -0.155. The predicted octanol–water partition coefficient (Wildman–Crippen LogP) is 5.11. The Morgan fingerprint density at radius 1 is 0.842 bits per heavy atom. The zero-order chi connectivity index (χ0) is 13.9. The molecule has 0 fully saturated rings. The van der Waals surface area contributed by atoms with Gasteiger partial charge >= 0.3 is 0 Å². The van der Waals surface area contributed by atoms with Crippen LogP contribution in [0.3, 0.4) is 0 Å². The van der Waals surface area contributed by atoms with Gasteiger partial charge in [-0.3, -0.25) is 0 Å². The highest BCUT2D eigenvalue weighted by Gasteiger charge is 2.11. The van der Waals surface area contributed by atoms with Gasteiger partial charge in [-0.2, -0.15) is 0 Å². The van der Waals surface area contributed by atoms with Crippen LogP contribution in [0, 0.1) is 0 Å². The molecule has 2 aromatic rings. The molecule has 0 saturated carbocycles. The van der Waals surface area contributed by atoms with Crippen LogP contribution in [0.4, 0.5) is 0 Å². The molecule has 0 amide bonds. The summed E-state index contributed by atoms with van der Waals surface area (Å²) in [5.74, 6) is 0.910. The molecular formula is C17H19ClO. The summed E-state index contributed by atoms with van der Waals surface area (Å²) in [6.45, 7) is 6.15. The van der Waals surface area contributed by atoms with Crippen molar-refractivity contribution in [3.63, 3.8) is 0 Å². The first-order valence-electron chi connectivity index (χ1n) is 6.45. The summed E-state index contributed by atoms with van der Waals surface area (Å²) in [7, 11) is 0. The molecule has 0 unspecified atom stereocenters. The highest BCUT2D eigenvalue weighted by Crippen LogP contribution is 2.20. The highest BCUT2D eigenvalue weighted by atomic mass is 35.5. The Bertz CT molecular complexity index is 521. The highest BCUT2D eigenvalue weighted by molar-refractivity contribution is 6.30. The summed E-state index contributed by atoms with van der Waals surface area (Å²) in [6.07, 6.45) is 0.910. The smallest absolute Gasteiger partial charge is 0.120 e. The molecule has 2 aromatic carbocycles. The fraction of sp³-hybridized carbons (Fsp3) is 0.294. The molecule has 0 saturated heterocycles. The minimum Gasteiger partial charge on any atom is -0.488 e. The van der Waals surface area contributed by atoms with Crippen LogP contribution in [-0.2, 0) is 6.42 Å². The minimum absolute atomic E-state index is 0.155. The lowest BCUT2D eigenvalue weighted by molar-refractivity contribution is 0.131. The summed E-state index contributed by atoms with van der Waals surface area (Å²) < 4.78 is 5.81. The Labute approximate surface area is 120 Å². The van der Waals surface area contributed by atoms with Gasteiger partial charge in [0.25, 0.3) is 0 Å². The second-order valence-electron chi connectivity index (χ2n) is 5.66. The van der Waals surface area contributed by atoms with Crippen LogP contribution in [0.25, 0.3) is 0 Å². The molecule has 2 rings (SSSR count). The Morgan fingerprint density at radius 3 is 1.79 bits per heavy atom. The maximum absolute atomic E-state index is 5.88. The van der Waals surface area contributed by atoms with E-state index in [4.69, 9.17) is 16.3 Å². The van der Waals surface area contributed by atoms with Gasteiger partial charge in [-0.25, -0.2) is 0 Å². The Morgan fingerprint density at radius 2 is 1.32 bits per heavy atom. The van der Waals surface area contributed by atoms with Gasteiger partial charge in [0.05, 0.1) is 0 Å². The van der Waals surface area contributed by atoms with Crippen LogP contribution in [0.2, 0.25) is 5.02 Å². The van der Waals surface area contributed by atoms with Gasteiger partial charge in [0.2, 0.25) is 0 Å². The van der Waals surface area contributed by atoms with Gasteiger partial charge in [-0.15, -0.1) is 0 Å². The molecule has 0 aliphatic carbocycles. The molecule has 2 heteroatoms. The van der Waals surface area contributed by atoms with Crippen molar-refractivity contribution in [3.05, 3.63) is 64.7 Å². The van der Waals surface area contributed by atoms with Crippen LogP contribution in [0.15, 0.2) is 48.5 Å². The van der Waals surface area contributed by atoms with E-state index in [-0.39, 0.29) is 5.60 Å². The van der Waals surface area contributed by atoms with E-state index in [0.29, 0.717) is 0 Å². The molecule has 0 aliphatic heterocycles. The van der Waals surface area contributed by atoms with E-state index >= 15 is 0 Å². The zero-order valence-electron chi connectivity index (χ0n) is 11.6. The van der Waals surface area contributed by atoms with Crippen molar-refractivity contribution in [3.8, 4) is 5.75 Å². The normalized spacial score (nSPS) is 11.4. The van der Waals surface area contributed by atoms with Crippen LogP contribution >= 0.6 is 11.6 Å². The molecule has 19 heavy (non-hydrogen) atoms. The third-order valence-electron chi connectivity index (χ3n) is 2.67. The van der Waals surface area contributed by atoms with E-state index in [1.54, 1.807) is 0 Å². The van der Waals surface area contributed by atoms with Crippen molar-refractivity contribution < 1.29 is 4.74 Å². The molecular weight excluding hydrogens is 256 g/mol. The second-order valence-corrected chi connectivity index (χ2v) is 6.10. The fourth-order valence-electron chi connectivity index (χ4n) is 1.87.